The van der Waals surface area contributed by atoms with Gasteiger partial charge in [0.1, 0.15) is 0 Å². The lowest BCUT2D eigenvalue weighted by molar-refractivity contribution is -0.189. The summed E-state index contributed by atoms with van der Waals surface area (Å²) >= 11 is 0. The Balaban J connectivity index is 1.50. The average Bonchev–Trinajstić information content (AvgIpc) is 2.59. The van der Waals surface area contributed by atoms with E-state index in [0.717, 1.165) is 0 Å². The zero-order chi connectivity index (χ0) is 16.1. The van der Waals surface area contributed by atoms with Crippen LogP contribution in [0.2, 0.25) is 0 Å². The van der Waals surface area contributed by atoms with Crippen LogP contribution >= 0.6 is 0 Å². The summed E-state index contributed by atoms with van der Waals surface area (Å²) in [5, 5.41) is 13.3. The number of hydrogen-bond donors (Lipinski definition) is 2. The average molecular weight is 315 g/mol. The number of carbonyl (C=O) groups is 1. The molecule has 2 N–H and O–H groups in total. The number of fused-ring (bicyclic) bond motifs is 1. The molecule has 1 amide bonds. The normalized spacial score (nSPS) is 21.2. The Bertz CT molecular complexity index is 665. The lowest BCUT2D eigenvalue weighted by atomic mass is 9.97. The maximum atomic E-state index is 10.4. The van der Waals surface area contributed by atoms with Crippen molar-refractivity contribution in [2.75, 3.05) is 19.8 Å². The SMILES string of the molecule is O=C(O)NCCC[C@H]1OC[C@H](c2ccc3ccccc3c2)CO1. The number of hydrogen-bond acceptors (Lipinski definition) is 3. The van der Waals surface area contributed by atoms with E-state index < -0.39 is 6.09 Å². The first kappa shape index (κ1) is 15.8. The predicted octanol–water partition coefficient (Wildman–Crippen LogP) is 3.34. The van der Waals surface area contributed by atoms with Gasteiger partial charge < -0.3 is 19.9 Å². The predicted molar refractivity (Wildman–Crippen MR) is 87.6 cm³/mol. The summed E-state index contributed by atoms with van der Waals surface area (Å²) in [6.45, 7) is 1.69. The Morgan fingerprint density at radius 1 is 1.13 bits per heavy atom. The van der Waals surface area contributed by atoms with Gasteiger partial charge in [0.25, 0.3) is 0 Å². The lowest BCUT2D eigenvalue weighted by Crippen LogP contribution is -2.31. The summed E-state index contributed by atoms with van der Waals surface area (Å²) in [4.78, 5) is 10.4. The van der Waals surface area contributed by atoms with Gasteiger partial charge in [0.05, 0.1) is 13.2 Å². The minimum absolute atomic E-state index is 0.234. The first-order valence-corrected chi connectivity index (χ1v) is 7.91. The minimum atomic E-state index is -0.994. The summed E-state index contributed by atoms with van der Waals surface area (Å²) in [7, 11) is 0. The molecule has 0 aromatic heterocycles. The highest BCUT2D eigenvalue weighted by Crippen LogP contribution is 2.26. The molecule has 0 spiro atoms. The van der Waals surface area contributed by atoms with Gasteiger partial charge >= 0.3 is 6.09 Å². The Kier molecular flexibility index (Phi) is 5.10. The second-order valence-electron chi connectivity index (χ2n) is 5.77. The van der Waals surface area contributed by atoms with Crippen LogP contribution in [0, 0.1) is 0 Å². The monoisotopic (exact) mass is 315 g/mol. The molecule has 1 heterocycles. The van der Waals surface area contributed by atoms with Gasteiger partial charge in [-0.15, -0.1) is 0 Å². The van der Waals surface area contributed by atoms with Crippen molar-refractivity contribution in [2.45, 2.75) is 25.0 Å². The highest BCUT2D eigenvalue weighted by Gasteiger charge is 2.23. The molecule has 0 radical (unpaired) electrons. The van der Waals surface area contributed by atoms with Crippen LogP contribution in [0.4, 0.5) is 4.79 Å². The molecular weight excluding hydrogens is 294 g/mol. The van der Waals surface area contributed by atoms with Gasteiger partial charge in [-0.1, -0.05) is 42.5 Å². The third kappa shape index (κ3) is 4.21. The van der Waals surface area contributed by atoms with E-state index in [1.54, 1.807) is 0 Å². The quantitative estimate of drug-likeness (QED) is 0.830. The van der Waals surface area contributed by atoms with Crippen LogP contribution < -0.4 is 5.32 Å². The minimum Gasteiger partial charge on any atom is -0.465 e. The molecule has 23 heavy (non-hydrogen) atoms. The fraction of sp³-hybridized carbons (Fsp3) is 0.389. The Morgan fingerprint density at radius 2 is 1.87 bits per heavy atom. The first-order valence-electron chi connectivity index (χ1n) is 7.91. The second-order valence-corrected chi connectivity index (χ2v) is 5.77. The number of carboxylic acid groups (broad SMARTS) is 1. The molecule has 1 saturated heterocycles. The van der Waals surface area contributed by atoms with Crippen LogP contribution in [0.1, 0.15) is 24.3 Å². The second kappa shape index (κ2) is 7.44. The van der Waals surface area contributed by atoms with Crippen LogP contribution in [0.3, 0.4) is 0 Å². The summed E-state index contributed by atoms with van der Waals surface area (Å²) < 4.78 is 11.5. The summed E-state index contributed by atoms with van der Waals surface area (Å²) in [5.41, 5.74) is 1.23. The molecule has 0 unspecified atom stereocenters. The molecule has 2 aromatic rings. The van der Waals surface area contributed by atoms with E-state index in [0.29, 0.717) is 32.6 Å². The Hall–Kier alpha value is -2.11. The number of benzene rings is 2. The Morgan fingerprint density at radius 3 is 2.61 bits per heavy atom. The molecule has 0 atom stereocenters. The van der Waals surface area contributed by atoms with Crippen molar-refractivity contribution in [3.05, 3.63) is 48.0 Å². The number of nitrogens with one attached hydrogen (secondary N) is 1. The van der Waals surface area contributed by atoms with Crippen molar-refractivity contribution in [2.24, 2.45) is 0 Å². The molecule has 1 fully saturated rings. The van der Waals surface area contributed by atoms with E-state index in [1.165, 1.54) is 16.3 Å². The topological polar surface area (TPSA) is 67.8 Å². The van der Waals surface area contributed by atoms with E-state index in [2.05, 4.69) is 35.6 Å². The molecule has 3 rings (SSSR count). The zero-order valence-electron chi connectivity index (χ0n) is 12.9. The third-order valence-electron chi connectivity index (χ3n) is 4.10. The summed E-state index contributed by atoms with van der Waals surface area (Å²) in [6.07, 6.45) is 0.177. The molecule has 5 nitrogen and oxygen atoms in total. The third-order valence-corrected chi connectivity index (χ3v) is 4.10. The molecule has 0 bridgehead atoms. The van der Waals surface area contributed by atoms with Crippen molar-refractivity contribution in [1.29, 1.82) is 0 Å². The molecule has 2 aromatic carbocycles. The molecule has 1 aliphatic rings. The van der Waals surface area contributed by atoms with Crippen molar-refractivity contribution in [3.8, 4) is 0 Å². The van der Waals surface area contributed by atoms with Gasteiger partial charge in [-0.3, -0.25) is 0 Å². The highest BCUT2D eigenvalue weighted by molar-refractivity contribution is 5.83. The van der Waals surface area contributed by atoms with Crippen molar-refractivity contribution < 1.29 is 19.4 Å². The highest BCUT2D eigenvalue weighted by atomic mass is 16.7. The lowest BCUT2D eigenvalue weighted by Gasteiger charge is -2.30. The maximum Gasteiger partial charge on any atom is 0.404 e. The molecule has 0 aliphatic carbocycles. The largest absolute Gasteiger partial charge is 0.465 e. The van der Waals surface area contributed by atoms with E-state index in [4.69, 9.17) is 14.6 Å². The fourth-order valence-electron chi connectivity index (χ4n) is 2.83. The van der Waals surface area contributed by atoms with E-state index >= 15 is 0 Å². The van der Waals surface area contributed by atoms with Gasteiger partial charge in [-0.2, -0.15) is 0 Å². The van der Waals surface area contributed by atoms with Crippen molar-refractivity contribution in [1.82, 2.24) is 5.32 Å². The van der Waals surface area contributed by atoms with Gasteiger partial charge in [0.15, 0.2) is 6.29 Å². The van der Waals surface area contributed by atoms with Crippen molar-refractivity contribution >= 4 is 16.9 Å². The van der Waals surface area contributed by atoms with E-state index in [9.17, 15) is 4.79 Å². The summed E-state index contributed by atoms with van der Waals surface area (Å²) in [5.74, 6) is 0.244. The number of amides is 1. The molecule has 0 saturated carbocycles. The maximum absolute atomic E-state index is 10.4. The van der Waals surface area contributed by atoms with E-state index in [1.807, 2.05) is 12.1 Å². The van der Waals surface area contributed by atoms with Gasteiger partial charge in [0.2, 0.25) is 0 Å². The van der Waals surface area contributed by atoms with Gasteiger partial charge in [0, 0.05) is 18.9 Å². The fourth-order valence-corrected chi connectivity index (χ4v) is 2.83. The smallest absolute Gasteiger partial charge is 0.404 e. The first-order chi connectivity index (χ1) is 11.2. The van der Waals surface area contributed by atoms with Crippen molar-refractivity contribution in [3.63, 3.8) is 0 Å². The van der Waals surface area contributed by atoms with Crippen LogP contribution in [-0.4, -0.2) is 37.2 Å². The van der Waals surface area contributed by atoms with E-state index in [-0.39, 0.29) is 12.2 Å². The van der Waals surface area contributed by atoms with Gasteiger partial charge in [-0.25, -0.2) is 4.79 Å². The number of ether oxygens (including phenoxy) is 2. The van der Waals surface area contributed by atoms with Gasteiger partial charge in [-0.05, 0) is 22.8 Å². The molecular formula is C18H21NO4. The molecule has 122 valence electrons. The molecule has 1 aliphatic heterocycles. The standard InChI is InChI=1S/C18H21NO4/c20-18(21)19-9-3-6-17-22-11-16(12-23-17)15-8-7-13-4-1-2-5-14(13)10-15/h1-2,4-5,7-8,10,16-17,19H,3,6,9,11-12H2,(H,20,21)/t16-,17-. The molecule has 5 heteroatoms. The summed E-state index contributed by atoms with van der Waals surface area (Å²) in [6, 6.07) is 14.8. The number of rotatable bonds is 5. The Labute approximate surface area is 135 Å². The van der Waals surface area contributed by atoms with Crippen LogP contribution in [0.5, 0.6) is 0 Å². The van der Waals surface area contributed by atoms with Crippen LogP contribution in [0.15, 0.2) is 42.5 Å². The van der Waals surface area contributed by atoms with Crippen LogP contribution in [-0.2, 0) is 9.47 Å². The zero-order valence-corrected chi connectivity index (χ0v) is 12.9. The van der Waals surface area contributed by atoms with Crippen LogP contribution in [0.25, 0.3) is 10.8 Å².